The molecule has 0 radical (unpaired) electrons. The second-order valence-electron chi connectivity index (χ2n) is 10.1. The van der Waals surface area contributed by atoms with E-state index in [1.807, 2.05) is 71.6 Å². The van der Waals surface area contributed by atoms with E-state index >= 15 is 0 Å². The van der Waals surface area contributed by atoms with Gasteiger partial charge in [-0.25, -0.2) is 4.98 Å². The number of rotatable bonds is 10. The number of hydrogen-bond donors (Lipinski definition) is 2. The summed E-state index contributed by atoms with van der Waals surface area (Å²) < 4.78 is 12.1. The average Bonchev–Trinajstić information content (AvgIpc) is 3.57. The van der Waals surface area contributed by atoms with Crippen molar-refractivity contribution in [3.8, 4) is 23.0 Å². The fraction of sp³-hybridized carbons (Fsp3) is 0.300. The SMILES string of the molecule is CN(C/C=C/C(=O)N1CC[C@@H](Nc2n[nH]c3nccc(Oc4ccc(Oc5ccccc5)cc4)c23)C1)C1CC1. The van der Waals surface area contributed by atoms with Crippen LogP contribution in [0.15, 0.2) is 79.0 Å². The van der Waals surface area contributed by atoms with Crippen LogP contribution in [0.4, 0.5) is 5.82 Å². The van der Waals surface area contributed by atoms with E-state index < -0.39 is 0 Å². The summed E-state index contributed by atoms with van der Waals surface area (Å²) >= 11 is 0. The van der Waals surface area contributed by atoms with Gasteiger partial charge in [0.15, 0.2) is 11.5 Å². The Labute approximate surface area is 227 Å². The maximum Gasteiger partial charge on any atom is 0.246 e. The van der Waals surface area contributed by atoms with Crippen LogP contribution in [-0.4, -0.2) is 69.7 Å². The minimum Gasteiger partial charge on any atom is -0.457 e. The number of carbonyl (C=O) groups excluding carboxylic acids is 1. The minimum atomic E-state index is 0.0563. The van der Waals surface area contributed by atoms with Gasteiger partial charge in [-0.2, -0.15) is 5.10 Å². The number of benzene rings is 2. The van der Waals surface area contributed by atoms with Crippen LogP contribution >= 0.6 is 0 Å². The van der Waals surface area contributed by atoms with Crippen LogP contribution in [0.1, 0.15) is 19.3 Å². The molecule has 1 saturated heterocycles. The molecule has 1 saturated carbocycles. The molecule has 0 bridgehead atoms. The Kier molecular flexibility index (Phi) is 7.14. The number of amides is 1. The van der Waals surface area contributed by atoms with Crippen LogP contribution in [0.3, 0.4) is 0 Å². The average molecular weight is 525 g/mol. The number of nitrogens with one attached hydrogen (secondary N) is 2. The number of likely N-dealkylation sites (tertiary alicyclic amines) is 1. The van der Waals surface area contributed by atoms with Crippen molar-refractivity contribution in [2.75, 3.05) is 32.0 Å². The quantitative estimate of drug-likeness (QED) is 0.275. The van der Waals surface area contributed by atoms with Crippen molar-refractivity contribution in [1.29, 1.82) is 0 Å². The molecule has 2 aromatic carbocycles. The van der Waals surface area contributed by atoms with E-state index in [4.69, 9.17) is 9.47 Å². The van der Waals surface area contributed by atoms with Gasteiger partial charge in [-0.1, -0.05) is 24.3 Å². The molecule has 2 fully saturated rings. The molecule has 1 atom stereocenters. The first-order valence-corrected chi connectivity index (χ1v) is 13.4. The Morgan fingerprint density at radius 3 is 2.56 bits per heavy atom. The summed E-state index contributed by atoms with van der Waals surface area (Å²) in [6.45, 7) is 2.14. The molecule has 1 amide bonds. The summed E-state index contributed by atoms with van der Waals surface area (Å²) in [6.07, 6.45) is 8.73. The van der Waals surface area contributed by atoms with Crippen molar-refractivity contribution in [2.45, 2.75) is 31.3 Å². The number of carbonyl (C=O) groups is 1. The molecule has 39 heavy (non-hydrogen) atoms. The Morgan fingerprint density at radius 1 is 1.05 bits per heavy atom. The van der Waals surface area contributed by atoms with Crippen molar-refractivity contribution in [1.82, 2.24) is 25.0 Å². The van der Waals surface area contributed by atoms with E-state index in [2.05, 4.69) is 32.4 Å². The topological polar surface area (TPSA) is 95.6 Å². The first kappa shape index (κ1) is 24.9. The van der Waals surface area contributed by atoms with E-state index in [0.717, 1.165) is 29.9 Å². The predicted molar refractivity (Wildman–Crippen MR) is 150 cm³/mol. The van der Waals surface area contributed by atoms with Gasteiger partial charge in [0.1, 0.15) is 28.4 Å². The fourth-order valence-corrected chi connectivity index (χ4v) is 4.80. The number of H-pyrrole nitrogens is 1. The van der Waals surface area contributed by atoms with E-state index in [1.165, 1.54) is 12.8 Å². The van der Waals surface area contributed by atoms with Crippen LogP contribution in [0.25, 0.3) is 11.0 Å². The number of aromatic nitrogens is 3. The third-order valence-corrected chi connectivity index (χ3v) is 7.12. The molecule has 1 aliphatic carbocycles. The highest BCUT2D eigenvalue weighted by molar-refractivity contribution is 5.93. The summed E-state index contributed by atoms with van der Waals surface area (Å²) in [7, 11) is 2.11. The number of pyridine rings is 1. The number of anilines is 1. The number of fused-ring (bicyclic) bond motifs is 1. The first-order chi connectivity index (χ1) is 19.1. The zero-order chi connectivity index (χ0) is 26.6. The molecule has 6 rings (SSSR count). The highest BCUT2D eigenvalue weighted by Crippen LogP contribution is 2.34. The zero-order valence-corrected chi connectivity index (χ0v) is 21.9. The molecule has 9 heteroatoms. The summed E-state index contributed by atoms with van der Waals surface area (Å²) in [4.78, 5) is 21.3. The van der Waals surface area contributed by atoms with Crippen LogP contribution < -0.4 is 14.8 Å². The van der Waals surface area contributed by atoms with Crippen LogP contribution in [0.5, 0.6) is 23.0 Å². The Bertz CT molecular complexity index is 1450. The zero-order valence-electron chi connectivity index (χ0n) is 21.9. The lowest BCUT2D eigenvalue weighted by molar-refractivity contribution is -0.125. The van der Waals surface area contributed by atoms with Gasteiger partial charge >= 0.3 is 0 Å². The molecule has 2 aromatic heterocycles. The van der Waals surface area contributed by atoms with Gasteiger partial charge in [-0.05, 0) is 62.7 Å². The van der Waals surface area contributed by atoms with Gasteiger partial charge in [0.2, 0.25) is 5.91 Å². The maximum absolute atomic E-state index is 12.7. The molecular weight excluding hydrogens is 492 g/mol. The summed E-state index contributed by atoms with van der Waals surface area (Å²) in [5.41, 5.74) is 0.632. The lowest BCUT2D eigenvalue weighted by Gasteiger charge is -2.16. The molecule has 0 spiro atoms. The third kappa shape index (κ3) is 6.04. The predicted octanol–water partition coefficient (Wildman–Crippen LogP) is 5.21. The van der Waals surface area contributed by atoms with Crippen molar-refractivity contribution in [2.24, 2.45) is 0 Å². The van der Waals surface area contributed by atoms with Gasteiger partial charge in [0, 0.05) is 50.1 Å². The third-order valence-electron chi connectivity index (χ3n) is 7.12. The molecule has 0 unspecified atom stereocenters. The molecule has 2 aliphatic rings. The summed E-state index contributed by atoms with van der Waals surface area (Å²) in [6, 6.07) is 19.7. The maximum atomic E-state index is 12.7. The summed E-state index contributed by atoms with van der Waals surface area (Å²) in [5, 5.41) is 11.7. The molecule has 1 aliphatic heterocycles. The second-order valence-corrected chi connectivity index (χ2v) is 10.1. The normalized spacial score (nSPS) is 17.3. The molecule has 4 aromatic rings. The smallest absolute Gasteiger partial charge is 0.246 e. The lowest BCUT2D eigenvalue weighted by atomic mass is 10.2. The van der Waals surface area contributed by atoms with Gasteiger partial charge in [0.25, 0.3) is 0 Å². The number of likely N-dealkylation sites (N-methyl/N-ethyl adjacent to an activating group) is 1. The highest BCUT2D eigenvalue weighted by atomic mass is 16.5. The highest BCUT2D eigenvalue weighted by Gasteiger charge is 2.27. The number of para-hydroxylation sites is 1. The van der Waals surface area contributed by atoms with Crippen LogP contribution in [0.2, 0.25) is 0 Å². The first-order valence-electron chi connectivity index (χ1n) is 13.4. The molecule has 9 nitrogen and oxygen atoms in total. The van der Waals surface area contributed by atoms with Crippen LogP contribution in [0, 0.1) is 0 Å². The van der Waals surface area contributed by atoms with Crippen molar-refractivity contribution >= 4 is 22.8 Å². The molecular formula is C30H32N6O3. The largest absolute Gasteiger partial charge is 0.457 e. The summed E-state index contributed by atoms with van der Waals surface area (Å²) in [5.74, 6) is 3.54. The number of ether oxygens (including phenoxy) is 2. The van der Waals surface area contributed by atoms with E-state index in [9.17, 15) is 4.79 Å². The van der Waals surface area contributed by atoms with Gasteiger partial charge in [0.05, 0.1) is 0 Å². The Hall–Kier alpha value is -4.37. The van der Waals surface area contributed by atoms with Crippen molar-refractivity contribution < 1.29 is 14.3 Å². The number of aromatic amines is 1. The van der Waals surface area contributed by atoms with Gasteiger partial charge in [-0.3, -0.25) is 14.8 Å². The minimum absolute atomic E-state index is 0.0563. The van der Waals surface area contributed by atoms with Crippen molar-refractivity contribution in [3.05, 3.63) is 79.0 Å². The van der Waals surface area contributed by atoms with Crippen LogP contribution in [-0.2, 0) is 4.79 Å². The Morgan fingerprint density at radius 2 is 1.79 bits per heavy atom. The molecule has 2 N–H and O–H groups in total. The number of nitrogens with zero attached hydrogens (tertiary/aromatic N) is 4. The Balaban J connectivity index is 1.09. The van der Waals surface area contributed by atoms with E-state index in [-0.39, 0.29) is 11.9 Å². The van der Waals surface area contributed by atoms with Crippen molar-refractivity contribution in [3.63, 3.8) is 0 Å². The van der Waals surface area contributed by atoms with E-state index in [1.54, 1.807) is 12.3 Å². The monoisotopic (exact) mass is 524 g/mol. The van der Waals surface area contributed by atoms with Gasteiger partial charge in [-0.15, -0.1) is 0 Å². The lowest BCUT2D eigenvalue weighted by Crippen LogP contribution is -2.30. The fourth-order valence-electron chi connectivity index (χ4n) is 4.80. The standard InChI is InChI=1S/C30H32N6O3/c1-35(22-9-10-22)18-5-8-27(37)36-19-16-21(20-36)32-30-28-26(15-17-31-29(28)33-34-30)39-25-13-11-24(12-14-25)38-23-6-3-2-4-7-23/h2-8,11-15,17,21-22H,9-10,16,18-20H2,1H3,(H2,31,32,33,34)/b8-5+/t21-/m1/s1. The number of hydrogen-bond acceptors (Lipinski definition) is 7. The molecule has 200 valence electrons. The second kappa shape index (κ2) is 11.2. The molecule has 3 heterocycles. The van der Waals surface area contributed by atoms with E-state index in [0.29, 0.717) is 42.1 Å². The van der Waals surface area contributed by atoms with Gasteiger partial charge < -0.3 is 19.7 Å².